The van der Waals surface area contributed by atoms with Gasteiger partial charge in [-0.1, -0.05) is 18.2 Å². The van der Waals surface area contributed by atoms with Crippen LogP contribution >= 0.6 is 0 Å². The van der Waals surface area contributed by atoms with E-state index in [9.17, 15) is 9.90 Å². The molecule has 1 fully saturated rings. The summed E-state index contributed by atoms with van der Waals surface area (Å²) in [5, 5.41) is 10.5. The molecule has 0 radical (unpaired) electrons. The molecule has 1 aromatic heterocycles. The number of rotatable bonds is 3. The van der Waals surface area contributed by atoms with Crippen LogP contribution in [0.5, 0.6) is 0 Å². The number of fused-ring (bicyclic) bond motifs is 1. The van der Waals surface area contributed by atoms with Crippen molar-refractivity contribution in [2.45, 2.75) is 12.8 Å². The zero-order valence-corrected chi connectivity index (χ0v) is 10.5. The summed E-state index contributed by atoms with van der Waals surface area (Å²) in [5.41, 5.74) is 1.14. The van der Waals surface area contributed by atoms with Crippen LogP contribution in [0.4, 0.5) is 0 Å². The molecule has 4 heteroatoms. The summed E-state index contributed by atoms with van der Waals surface area (Å²) >= 11 is 0. The molecule has 1 aliphatic heterocycles. The van der Waals surface area contributed by atoms with Crippen molar-refractivity contribution >= 4 is 16.9 Å². The first-order valence-corrected chi connectivity index (χ1v) is 6.35. The molecule has 1 aliphatic rings. The molecular formula is C15H15NO3. The van der Waals surface area contributed by atoms with Gasteiger partial charge in [0.15, 0.2) is 0 Å². The van der Waals surface area contributed by atoms with Crippen molar-refractivity contribution in [3.05, 3.63) is 42.1 Å². The third-order valence-electron chi connectivity index (χ3n) is 3.83. The smallest absolute Gasteiger partial charge is 0.312 e. The summed E-state index contributed by atoms with van der Waals surface area (Å²) in [4.78, 5) is 15.9. The summed E-state index contributed by atoms with van der Waals surface area (Å²) in [7, 11) is 0. The van der Waals surface area contributed by atoms with Gasteiger partial charge in [-0.05, 0) is 30.5 Å². The number of para-hydroxylation sites is 1. The first kappa shape index (κ1) is 12.1. The summed E-state index contributed by atoms with van der Waals surface area (Å²) in [6.45, 7) is 0.814. The van der Waals surface area contributed by atoms with Crippen molar-refractivity contribution < 1.29 is 14.6 Å². The highest BCUT2D eigenvalue weighted by molar-refractivity contribution is 5.83. The number of nitrogens with zero attached hydrogens (tertiary/aromatic N) is 1. The lowest BCUT2D eigenvalue weighted by Crippen LogP contribution is -2.33. The molecule has 1 N–H and O–H groups in total. The van der Waals surface area contributed by atoms with E-state index in [1.807, 2.05) is 30.3 Å². The molecule has 1 atom stereocenters. The Hall–Kier alpha value is -1.94. The van der Waals surface area contributed by atoms with Gasteiger partial charge in [-0.2, -0.15) is 0 Å². The first-order chi connectivity index (χ1) is 9.21. The van der Waals surface area contributed by atoms with Gasteiger partial charge in [-0.15, -0.1) is 0 Å². The number of hydrogen-bond donors (Lipinski definition) is 1. The maximum Gasteiger partial charge on any atom is 0.312 e. The van der Waals surface area contributed by atoms with Gasteiger partial charge in [0.05, 0.1) is 17.5 Å². The maximum atomic E-state index is 11.6. The van der Waals surface area contributed by atoms with Crippen LogP contribution < -0.4 is 0 Å². The standard InChI is InChI=1S/C15H15NO3/c17-14(18)15(6-8-19-10-15)9-11-5-7-16-13-4-2-1-3-12(11)13/h1-5,7H,6,8-10H2,(H,17,18). The Morgan fingerprint density at radius 1 is 1.37 bits per heavy atom. The number of carboxylic acid groups (broad SMARTS) is 1. The Kier molecular flexibility index (Phi) is 2.95. The molecule has 1 saturated heterocycles. The summed E-state index contributed by atoms with van der Waals surface area (Å²) in [6.07, 6.45) is 2.80. The molecule has 0 amide bonds. The topological polar surface area (TPSA) is 59.4 Å². The van der Waals surface area contributed by atoms with Crippen molar-refractivity contribution in [3.8, 4) is 0 Å². The monoisotopic (exact) mass is 257 g/mol. The van der Waals surface area contributed by atoms with Gasteiger partial charge in [0.1, 0.15) is 0 Å². The second-order valence-electron chi connectivity index (χ2n) is 5.05. The fourth-order valence-electron chi connectivity index (χ4n) is 2.66. The second kappa shape index (κ2) is 4.63. The molecule has 0 aliphatic carbocycles. The van der Waals surface area contributed by atoms with Crippen LogP contribution in [0.15, 0.2) is 36.5 Å². The third kappa shape index (κ3) is 2.08. The molecule has 0 spiro atoms. The van der Waals surface area contributed by atoms with Crippen LogP contribution in [-0.2, 0) is 16.0 Å². The average Bonchev–Trinajstić information content (AvgIpc) is 2.89. The van der Waals surface area contributed by atoms with Gasteiger partial charge in [-0.3, -0.25) is 9.78 Å². The second-order valence-corrected chi connectivity index (χ2v) is 5.05. The van der Waals surface area contributed by atoms with Gasteiger partial charge in [0.25, 0.3) is 0 Å². The van der Waals surface area contributed by atoms with E-state index in [4.69, 9.17) is 4.74 Å². The van der Waals surface area contributed by atoms with Gasteiger partial charge in [0.2, 0.25) is 0 Å². The van der Waals surface area contributed by atoms with E-state index in [0.29, 0.717) is 26.1 Å². The molecule has 1 unspecified atom stereocenters. The highest BCUT2D eigenvalue weighted by atomic mass is 16.5. The number of pyridine rings is 1. The van der Waals surface area contributed by atoms with Gasteiger partial charge < -0.3 is 9.84 Å². The van der Waals surface area contributed by atoms with Crippen molar-refractivity contribution in [3.63, 3.8) is 0 Å². The molecule has 4 nitrogen and oxygen atoms in total. The van der Waals surface area contributed by atoms with Crippen LogP contribution in [0.2, 0.25) is 0 Å². The quantitative estimate of drug-likeness (QED) is 0.916. The van der Waals surface area contributed by atoms with E-state index in [-0.39, 0.29) is 0 Å². The number of carbonyl (C=O) groups is 1. The zero-order chi connectivity index (χ0) is 13.3. The molecule has 0 saturated carbocycles. The van der Waals surface area contributed by atoms with Crippen LogP contribution in [0, 0.1) is 5.41 Å². The molecule has 2 heterocycles. The molecule has 0 bridgehead atoms. The van der Waals surface area contributed by atoms with Gasteiger partial charge >= 0.3 is 5.97 Å². The lowest BCUT2D eigenvalue weighted by atomic mass is 9.80. The van der Waals surface area contributed by atoms with Gasteiger partial charge in [0, 0.05) is 18.2 Å². The van der Waals surface area contributed by atoms with Crippen LogP contribution in [-0.4, -0.2) is 29.3 Å². The largest absolute Gasteiger partial charge is 0.481 e. The summed E-state index contributed by atoms with van der Waals surface area (Å²) in [5.74, 6) is -0.772. The van der Waals surface area contributed by atoms with E-state index in [0.717, 1.165) is 16.5 Å². The van der Waals surface area contributed by atoms with Crippen LogP contribution in [0.25, 0.3) is 10.9 Å². The molecule has 98 valence electrons. The highest BCUT2D eigenvalue weighted by Crippen LogP contribution is 2.34. The Labute approximate surface area is 111 Å². The average molecular weight is 257 g/mol. The van der Waals surface area contributed by atoms with Crippen molar-refractivity contribution in [1.29, 1.82) is 0 Å². The van der Waals surface area contributed by atoms with Crippen LogP contribution in [0.3, 0.4) is 0 Å². The Morgan fingerprint density at radius 3 is 2.95 bits per heavy atom. The zero-order valence-electron chi connectivity index (χ0n) is 10.5. The van der Waals surface area contributed by atoms with E-state index in [1.54, 1.807) is 6.20 Å². The van der Waals surface area contributed by atoms with Crippen molar-refractivity contribution in [2.75, 3.05) is 13.2 Å². The third-order valence-corrected chi connectivity index (χ3v) is 3.83. The fraction of sp³-hybridized carbons (Fsp3) is 0.333. The number of hydrogen-bond acceptors (Lipinski definition) is 3. The fourth-order valence-corrected chi connectivity index (χ4v) is 2.66. The van der Waals surface area contributed by atoms with E-state index < -0.39 is 11.4 Å². The number of aromatic nitrogens is 1. The van der Waals surface area contributed by atoms with E-state index in [1.165, 1.54) is 0 Å². The molecular weight excluding hydrogens is 242 g/mol. The predicted octanol–water partition coefficient (Wildman–Crippen LogP) is 2.27. The Balaban J connectivity index is 2.03. The minimum atomic E-state index is -0.788. The lowest BCUT2D eigenvalue weighted by molar-refractivity contribution is -0.148. The van der Waals surface area contributed by atoms with Crippen molar-refractivity contribution in [2.24, 2.45) is 5.41 Å². The van der Waals surface area contributed by atoms with E-state index in [2.05, 4.69) is 4.98 Å². The molecule has 3 rings (SSSR count). The summed E-state index contributed by atoms with van der Waals surface area (Å²) < 4.78 is 5.31. The predicted molar refractivity (Wildman–Crippen MR) is 71.0 cm³/mol. The van der Waals surface area contributed by atoms with Gasteiger partial charge in [-0.25, -0.2) is 0 Å². The molecule has 2 aromatic rings. The summed E-state index contributed by atoms with van der Waals surface area (Å²) in [6, 6.07) is 9.72. The first-order valence-electron chi connectivity index (χ1n) is 6.35. The number of aliphatic carboxylic acids is 1. The number of carboxylic acids is 1. The lowest BCUT2D eigenvalue weighted by Gasteiger charge is -2.22. The minimum Gasteiger partial charge on any atom is -0.481 e. The number of benzene rings is 1. The SMILES string of the molecule is O=C(O)C1(Cc2ccnc3ccccc23)CCOC1. The van der Waals surface area contributed by atoms with E-state index >= 15 is 0 Å². The maximum absolute atomic E-state index is 11.6. The highest BCUT2D eigenvalue weighted by Gasteiger charge is 2.42. The Morgan fingerprint density at radius 2 is 2.21 bits per heavy atom. The minimum absolute atomic E-state index is 0.291. The van der Waals surface area contributed by atoms with Crippen molar-refractivity contribution in [1.82, 2.24) is 4.98 Å². The Bertz CT molecular complexity index is 612. The number of ether oxygens (including phenoxy) is 1. The molecule has 1 aromatic carbocycles. The molecule has 19 heavy (non-hydrogen) atoms. The normalized spacial score (nSPS) is 22.7. The van der Waals surface area contributed by atoms with Crippen LogP contribution in [0.1, 0.15) is 12.0 Å².